The van der Waals surface area contributed by atoms with E-state index in [2.05, 4.69) is 6.92 Å². The number of hydrogen-bond acceptors (Lipinski definition) is 2. The molecule has 0 unspecified atom stereocenters. The van der Waals surface area contributed by atoms with Gasteiger partial charge >= 0.3 is 0 Å². The maximum Gasteiger partial charge on any atom is 0.173 e. The molecule has 0 saturated heterocycles. The monoisotopic (exact) mass is 288 g/mol. The highest BCUT2D eigenvalue weighted by molar-refractivity contribution is 8.00. The first-order chi connectivity index (χ1) is 9.70. The van der Waals surface area contributed by atoms with E-state index in [-0.39, 0.29) is 17.4 Å². The number of hydrogen-bond donors (Lipinski definition) is 0. The van der Waals surface area contributed by atoms with E-state index in [1.807, 2.05) is 24.3 Å². The molecule has 0 bridgehead atoms. The molecule has 2 aromatic carbocycles. The Morgan fingerprint density at radius 1 is 1.10 bits per heavy atom. The highest BCUT2D eigenvalue weighted by Crippen LogP contribution is 2.22. The van der Waals surface area contributed by atoms with Crippen LogP contribution in [-0.2, 0) is 6.42 Å². The molecule has 0 amide bonds. The molecule has 0 aliphatic carbocycles. The van der Waals surface area contributed by atoms with Crippen LogP contribution in [0.15, 0.2) is 53.4 Å². The van der Waals surface area contributed by atoms with E-state index in [1.165, 1.54) is 23.4 Å². The van der Waals surface area contributed by atoms with Crippen molar-refractivity contribution < 1.29 is 9.18 Å². The third-order valence-corrected chi connectivity index (χ3v) is 4.06. The molecular formula is C17H17FOS. The van der Waals surface area contributed by atoms with Gasteiger partial charge in [0.2, 0.25) is 0 Å². The Hall–Kier alpha value is -1.61. The molecule has 0 aliphatic rings. The summed E-state index contributed by atoms with van der Waals surface area (Å²) >= 11 is 1.24. The lowest BCUT2D eigenvalue weighted by Crippen LogP contribution is -2.02. The average molecular weight is 288 g/mol. The van der Waals surface area contributed by atoms with Crippen LogP contribution in [0.2, 0.25) is 0 Å². The van der Waals surface area contributed by atoms with E-state index in [9.17, 15) is 9.18 Å². The number of carbonyl (C=O) groups excluding carboxylic acids is 1. The van der Waals surface area contributed by atoms with Gasteiger partial charge in [0.05, 0.1) is 5.75 Å². The lowest BCUT2D eigenvalue weighted by molar-refractivity contribution is 0.102. The molecule has 0 aromatic heterocycles. The first kappa shape index (κ1) is 14.8. The second kappa shape index (κ2) is 7.25. The Kier molecular flexibility index (Phi) is 5.36. The summed E-state index contributed by atoms with van der Waals surface area (Å²) in [6.45, 7) is 2.13. The lowest BCUT2D eigenvalue weighted by Gasteiger charge is -2.04. The minimum Gasteiger partial charge on any atom is -0.293 e. The fraction of sp³-hybridized carbons (Fsp3) is 0.235. The van der Waals surface area contributed by atoms with Gasteiger partial charge in [-0.05, 0) is 24.1 Å². The van der Waals surface area contributed by atoms with Gasteiger partial charge in [0.25, 0.3) is 0 Å². The summed E-state index contributed by atoms with van der Waals surface area (Å²) in [6, 6.07) is 14.2. The van der Waals surface area contributed by atoms with Gasteiger partial charge in [-0.2, -0.15) is 0 Å². The van der Waals surface area contributed by atoms with Gasteiger partial charge in [0, 0.05) is 10.5 Å². The van der Waals surface area contributed by atoms with E-state index < -0.39 is 0 Å². The Morgan fingerprint density at radius 2 is 1.80 bits per heavy atom. The standard InChI is InChI=1S/C17H17FOS/c1-2-5-13-8-10-14(11-9-13)16(19)12-20-17-7-4-3-6-15(17)18/h3-4,6-11H,2,5,12H2,1H3. The van der Waals surface area contributed by atoms with Crippen molar-refractivity contribution in [2.75, 3.05) is 5.75 Å². The van der Waals surface area contributed by atoms with Crippen LogP contribution in [-0.4, -0.2) is 11.5 Å². The zero-order valence-electron chi connectivity index (χ0n) is 11.4. The molecule has 0 fully saturated rings. The molecular weight excluding hydrogens is 271 g/mol. The fourth-order valence-corrected chi connectivity index (χ4v) is 2.77. The quantitative estimate of drug-likeness (QED) is 0.563. The van der Waals surface area contributed by atoms with Crippen molar-refractivity contribution in [2.45, 2.75) is 24.7 Å². The van der Waals surface area contributed by atoms with Gasteiger partial charge in [0.1, 0.15) is 5.82 Å². The molecule has 1 nitrogen and oxygen atoms in total. The zero-order valence-corrected chi connectivity index (χ0v) is 12.3. The molecule has 0 heterocycles. The molecule has 3 heteroatoms. The van der Waals surface area contributed by atoms with Crippen LogP contribution in [0.5, 0.6) is 0 Å². The van der Waals surface area contributed by atoms with Crippen molar-refractivity contribution in [3.63, 3.8) is 0 Å². The number of Topliss-reactive ketones (excluding diaryl/α,β-unsaturated/α-hetero) is 1. The minimum absolute atomic E-state index is 0.0290. The maximum absolute atomic E-state index is 13.4. The molecule has 20 heavy (non-hydrogen) atoms. The second-order valence-electron chi connectivity index (χ2n) is 4.59. The summed E-state index contributed by atoms with van der Waals surface area (Å²) in [6.07, 6.45) is 2.12. The van der Waals surface area contributed by atoms with Crippen molar-refractivity contribution >= 4 is 17.5 Å². The predicted octanol–water partition coefficient (Wildman–Crippen LogP) is 4.75. The maximum atomic E-state index is 13.4. The molecule has 0 aliphatic heterocycles. The van der Waals surface area contributed by atoms with Crippen LogP contribution in [0.1, 0.15) is 29.3 Å². The third-order valence-electron chi connectivity index (χ3n) is 3.01. The first-order valence-corrected chi connectivity index (χ1v) is 7.68. The second-order valence-corrected chi connectivity index (χ2v) is 5.61. The van der Waals surface area contributed by atoms with E-state index in [0.29, 0.717) is 10.5 Å². The van der Waals surface area contributed by atoms with Crippen molar-refractivity contribution in [2.24, 2.45) is 0 Å². The topological polar surface area (TPSA) is 17.1 Å². The number of rotatable bonds is 6. The number of thioether (sulfide) groups is 1. The predicted molar refractivity (Wildman–Crippen MR) is 81.9 cm³/mol. The van der Waals surface area contributed by atoms with E-state index in [4.69, 9.17) is 0 Å². The summed E-state index contributed by atoms with van der Waals surface area (Å²) in [7, 11) is 0. The normalized spacial score (nSPS) is 10.5. The summed E-state index contributed by atoms with van der Waals surface area (Å²) in [5, 5.41) is 0. The summed E-state index contributed by atoms with van der Waals surface area (Å²) in [5.74, 6) is 0.0125. The Bertz CT molecular complexity index is 578. The smallest absolute Gasteiger partial charge is 0.173 e. The van der Waals surface area contributed by atoms with Gasteiger partial charge in [-0.3, -0.25) is 4.79 Å². The van der Waals surface area contributed by atoms with Gasteiger partial charge in [-0.25, -0.2) is 4.39 Å². The first-order valence-electron chi connectivity index (χ1n) is 6.70. The molecule has 0 N–H and O–H groups in total. The molecule has 2 aromatic rings. The van der Waals surface area contributed by atoms with Crippen molar-refractivity contribution in [3.05, 3.63) is 65.5 Å². The molecule has 0 spiro atoms. The molecule has 2 rings (SSSR count). The zero-order chi connectivity index (χ0) is 14.4. The molecule has 104 valence electrons. The van der Waals surface area contributed by atoms with Crippen molar-refractivity contribution in [3.8, 4) is 0 Å². The van der Waals surface area contributed by atoms with Crippen LogP contribution in [0, 0.1) is 5.82 Å². The van der Waals surface area contributed by atoms with E-state index in [0.717, 1.165) is 12.8 Å². The minimum atomic E-state index is -0.274. The van der Waals surface area contributed by atoms with Gasteiger partial charge < -0.3 is 0 Å². The molecule has 0 atom stereocenters. The van der Waals surface area contributed by atoms with Crippen LogP contribution >= 0.6 is 11.8 Å². The van der Waals surface area contributed by atoms with Crippen LogP contribution < -0.4 is 0 Å². The largest absolute Gasteiger partial charge is 0.293 e. The van der Waals surface area contributed by atoms with Gasteiger partial charge in [-0.1, -0.05) is 49.7 Å². The summed E-state index contributed by atoms with van der Waals surface area (Å²) < 4.78 is 13.4. The highest BCUT2D eigenvalue weighted by Gasteiger charge is 2.08. The Balaban J connectivity index is 1.96. The van der Waals surface area contributed by atoms with Crippen LogP contribution in [0.25, 0.3) is 0 Å². The Morgan fingerprint density at radius 3 is 2.45 bits per heavy atom. The number of carbonyl (C=O) groups is 1. The molecule has 0 saturated carbocycles. The fourth-order valence-electron chi connectivity index (χ4n) is 1.93. The Labute approximate surface area is 123 Å². The van der Waals surface area contributed by atoms with Crippen molar-refractivity contribution in [1.29, 1.82) is 0 Å². The van der Waals surface area contributed by atoms with Crippen LogP contribution in [0.3, 0.4) is 0 Å². The number of aryl methyl sites for hydroxylation is 1. The van der Waals surface area contributed by atoms with Gasteiger partial charge in [-0.15, -0.1) is 11.8 Å². The van der Waals surface area contributed by atoms with Crippen LogP contribution in [0.4, 0.5) is 4.39 Å². The SMILES string of the molecule is CCCc1ccc(C(=O)CSc2ccccc2F)cc1. The van der Waals surface area contributed by atoms with E-state index >= 15 is 0 Å². The third kappa shape index (κ3) is 3.94. The number of benzene rings is 2. The average Bonchev–Trinajstić information content (AvgIpc) is 2.47. The van der Waals surface area contributed by atoms with E-state index in [1.54, 1.807) is 18.2 Å². The number of halogens is 1. The lowest BCUT2D eigenvalue weighted by atomic mass is 10.1. The summed E-state index contributed by atoms with van der Waals surface area (Å²) in [4.78, 5) is 12.6. The van der Waals surface area contributed by atoms with Crippen molar-refractivity contribution in [1.82, 2.24) is 0 Å². The number of ketones is 1. The molecule has 0 radical (unpaired) electrons. The highest BCUT2D eigenvalue weighted by atomic mass is 32.2. The van der Waals surface area contributed by atoms with Gasteiger partial charge in [0.15, 0.2) is 5.78 Å². The summed E-state index contributed by atoms with van der Waals surface area (Å²) in [5.41, 5.74) is 1.93.